The van der Waals surface area contributed by atoms with Crippen LogP contribution in [-0.4, -0.2) is 22.2 Å². The van der Waals surface area contributed by atoms with Crippen molar-refractivity contribution in [2.24, 2.45) is 0 Å². The van der Waals surface area contributed by atoms with Crippen molar-refractivity contribution in [3.05, 3.63) is 41.8 Å². The van der Waals surface area contributed by atoms with Gasteiger partial charge in [0.15, 0.2) is 0 Å². The van der Waals surface area contributed by atoms with Gasteiger partial charge in [0.25, 0.3) is 0 Å². The standard InChI is InChI=1S/C16H16N2O3/c1-3-18-10-13(11-7-5-6-8-14(11)18)12(9-17)15(19)16(20)21-4-2/h5-8,10,19H,3-4H2,1-2H3/b15-12-. The molecular formula is C16H16N2O3. The number of hydrogen-bond donors (Lipinski definition) is 1. The number of para-hydroxylation sites is 1. The summed E-state index contributed by atoms with van der Waals surface area (Å²) in [7, 11) is 0. The number of aliphatic hydroxyl groups is 1. The second-order valence-electron chi connectivity index (χ2n) is 4.40. The molecule has 0 bridgehead atoms. The Morgan fingerprint density at radius 3 is 2.71 bits per heavy atom. The van der Waals surface area contributed by atoms with E-state index < -0.39 is 11.7 Å². The highest BCUT2D eigenvalue weighted by Gasteiger charge is 2.20. The van der Waals surface area contributed by atoms with Crippen molar-refractivity contribution in [1.82, 2.24) is 4.57 Å². The molecule has 5 heteroatoms. The molecule has 0 amide bonds. The number of rotatable bonds is 4. The number of nitriles is 1. The number of aliphatic hydroxyl groups excluding tert-OH is 1. The normalized spacial score (nSPS) is 11.9. The third kappa shape index (κ3) is 2.61. The van der Waals surface area contributed by atoms with Gasteiger partial charge in [-0.25, -0.2) is 4.79 Å². The Hall–Kier alpha value is -2.74. The SMILES string of the molecule is CCOC(=O)/C(O)=C(\C#N)c1cn(CC)c2ccccc12. The number of aromatic nitrogens is 1. The summed E-state index contributed by atoms with van der Waals surface area (Å²) in [5.74, 6) is -1.54. The quantitative estimate of drug-likeness (QED) is 0.405. The van der Waals surface area contributed by atoms with E-state index in [9.17, 15) is 15.2 Å². The highest BCUT2D eigenvalue weighted by atomic mass is 16.5. The number of hydrogen-bond acceptors (Lipinski definition) is 4. The minimum atomic E-state index is -0.887. The smallest absolute Gasteiger partial charge is 0.374 e. The molecule has 0 aliphatic rings. The zero-order valence-corrected chi connectivity index (χ0v) is 12.0. The second kappa shape index (κ2) is 6.14. The van der Waals surface area contributed by atoms with Crippen LogP contribution in [0.4, 0.5) is 0 Å². The molecule has 2 aromatic rings. The van der Waals surface area contributed by atoms with Crippen molar-refractivity contribution in [1.29, 1.82) is 5.26 Å². The van der Waals surface area contributed by atoms with Crippen LogP contribution in [0.3, 0.4) is 0 Å². The fourth-order valence-corrected chi connectivity index (χ4v) is 2.25. The van der Waals surface area contributed by atoms with Crippen molar-refractivity contribution in [2.45, 2.75) is 20.4 Å². The number of carbonyl (C=O) groups is 1. The Morgan fingerprint density at radius 2 is 2.10 bits per heavy atom. The van der Waals surface area contributed by atoms with Gasteiger partial charge < -0.3 is 14.4 Å². The zero-order valence-electron chi connectivity index (χ0n) is 12.0. The molecule has 0 aliphatic carbocycles. The molecule has 0 unspecified atom stereocenters. The Kier molecular flexibility index (Phi) is 4.29. The van der Waals surface area contributed by atoms with Gasteiger partial charge in [0, 0.05) is 29.2 Å². The largest absolute Gasteiger partial charge is 0.501 e. The van der Waals surface area contributed by atoms with Gasteiger partial charge in [-0.1, -0.05) is 18.2 Å². The summed E-state index contributed by atoms with van der Waals surface area (Å²) in [5, 5.41) is 20.1. The monoisotopic (exact) mass is 284 g/mol. The van der Waals surface area contributed by atoms with E-state index in [1.54, 1.807) is 13.1 Å². The lowest BCUT2D eigenvalue weighted by atomic mass is 10.0. The first-order valence-corrected chi connectivity index (χ1v) is 6.72. The highest BCUT2D eigenvalue weighted by molar-refractivity contribution is 6.04. The molecule has 1 aromatic carbocycles. The number of aryl methyl sites for hydroxylation is 1. The van der Waals surface area contributed by atoms with Crippen molar-refractivity contribution >= 4 is 22.4 Å². The predicted molar refractivity (Wildman–Crippen MR) is 79.4 cm³/mol. The number of esters is 1. The first-order valence-electron chi connectivity index (χ1n) is 6.72. The Balaban J connectivity index is 2.67. The Labute approximate surface area is 122 Å². The first kappa shape index (κ1) is 14.7. The van der Waals surface area contributed by atoms with Crippen molar-refractivity contribution in [3.63, 3.8) is 0 Å². The van der Waals surface area contributed by atoms with Gasteiger partial charge in [-0.15, -0.1) is 0 Å². The minimum Gasteiger partial charge on any atom is -0.501 e. The maximum Gasteiger partial charge on any atom is 0.374 e. The molecule has 2 rings (SSSR count). The van der Waals surface area contributed by atoms with E-state index in [4.69, 9.17) is 4.74 Å². The van der Waals surface area contributed by atoms with Crippen LogP contribution in [0.1, 0.15) is 19.4 Å². The number of nitrogens with zero attached hydrogens (tertiary/aromatic N) is 2. The average Bonchev–Trinajstić information content (AvgIpc) is 2.87. The number of benzene rings is 1. The summed E-state index contributed by atoms with van der Waals surface area (Å²) in [6.45, 7) is 4.48. The van der Waals surface area contributed by atoms with Gasteiger partial charge in [-0.3, -0.25) is 0 Å². The van der Waals surface area contributed by atoms with Crippen LogP contribution in [-0.2, 0) is 16.1 Å². The molecule has 0 saturated heterocycles. The van der Waals surface area contributed by atoms with Gasteiger partial charge in [0.2, 0.25) is 5.76 Å². The molecule has 0 saturated carbocycles. The molecule has 0 fully saturated rings. The summed E-state index contributed by atoms with van der Waals surface area (Å²) >= 11 is 0. The van der Waals surface area contributed by atoms with Crippen LogP contribution < -0.4 is 0 Å². The fraction of sp³-hybridized carbons (Fsp3) is 0.250. The third-order valence-electron chi connectivity index (χ3n) is 3.22. The molecule has 108 valence electrons. The topological polar surface area (TPSA) is 75.2 Å². The molecule has 0 spiro atoms. The summed E-state index contributed by atoms with van der Waals surface area (Å²) in [4.78, 5) is 11.6. The Morgan fingerprint density at radius 1 is 1.38 bits per heavy atom. The van der Waals surface area contributed by atoms with Crippen LogP contribution >= 0.6 is 0 Å². The van der Waals surface area contributed by atoms with E-state index in [1.165, 1.54) is 0 Å². The summed E-state index contributed by atoms with van der Waals surface area (Å²) < 4.78 is 6.71. The van der Waals surface area contributed by atoms with Gasteiger partial charge in [-0.05, 0) is 19.9 Å². The fourth-order valence-electron chi connectivity index (χ4n) is 2.25. The minimum absolute atomic E-state index is 0.0724. The van der Waals surface area contributed by atoms with E-state index in [0.29, 0.717) is 5.56 Å². The van der Waals surface area contributed by atoms with Gasteiger partial charge >= 0.3 is 5.97 Å². The van der Waals surface area contributed by atoms with E-state index in [2.05, 4.69) is 0 Å². The highest BCUT2D eigenvalue weighted by Crippen LogP contribution is 2.28. The Bertz CT molecular complexity index is 750. The average molecular weight is 284 g/mol. The zero-order chi connectivity index (χ0) is 15.4. The van der Waals surface area contributed by atoms with Gasteiger partial charge in [0.05, 0.1) is 6.61 Å². The van der Waals surface area contributed by atoms with E-state index >= 15 is 0 Å². The molecule has 5 nitrogen and oxygen atoms in total. The molecule has 0 radical (unpaired) electrons. The van der Waals surface area contributed by atoms with Crippen molar-refractivity contribution in [3.8, 4) is 6.07 Å². The summed E-state index contributed by atoms with van der Waals surface area (Å²) in [5.41, 5.74) is 1.40. The van der Waals surface area contributed by atoms with Crippen molar-refractivity contribution in [2.75, 3.05) is 6.61 Å². The van der Waals surface area contributed by atoms with E-state index in [-0.39, 0.29) is 12.2 Å². The van der Waals surface area contributed by atoms with Crippen LogP contribution in [0, 0.1) is 11.3 Å². The van der Waals surface area contributed by atoms with Crippen molar-refractivity contribution < 1.29 is 14.6 Å². The maximum absolute atomic E-state index is 11.6. The number of fused-ring (bicyclic) bond motifs is 1. The van der Waals surface area contributed by atoms with Crippen LogP contribution in [0.5, 0.6) is 0 Å². The molecular weight excluding hydrogens is 268 g/mol. The molecule has 1 aromatic heterocycles. The maximum atomic E-state index is 11.6. The van der Waals surface area contributed by atoms with Crippen LogP contribution in [0.2, 0.25) is 0 Å². The second-order valence-corrected chi connectivity index (χ2v) is 4.40. The summed E-state index contributed by atoms with van der Waals surface area (Å²) in [6.07, 6.45) is 1.76. The lowest BCUT2D eigenvalue weighted by Crippen LogP contribution is -2.09. The lowest BCUT2D eigenvalue weighted by Gasteiger charge is -2.03. The van der Waals surface area contributed by atoms with E-state index in [1.807, 2.05) is 41.8 Å². The number of allylic oxidation sites excluding steroid dienone is 1. The molecule has 21 heavy (non-hydrogen) atoms. The predicted octanol–water partition coefficient (Wildman–Crippen LogP) is 3.02. The molecule has 0 aliphatic heterocycles. The lowest BCUT2D eigenvalue weighted by molar-refractivity contribution is -0.141. The molecule has 1 N–H and O–H groups in total. The van der Waals surface area contributed by atoms with Crippen LogP contribution in [0.15, 0.2) is 36.2 Å². The first-order chi connectivity index (χ1) is 10.1. The van der Waals surface area contributed by atoms with Gasteiger partial charge in [-0.2, -0.15) is 5.26 Å². The van der Waals surface area contributed by atoms with E-state index in [0.717, 1.165) is 17.4 Å². The number of carbonyl (C=O) groups excluding carboxylic acids is 1. The third-order valence-corrected chi connectivity index (χ3v) is 3.22. The van der Waals surface area contributed by atoms with Gasteiger partial charge in [0.1, 0.15) is 11.6 Å². The van der Waals surface area contributed by atoms with Crippen LogP contribution in [0.25, 0.3) is 16.5 Å². The number of ether oxygens (including phenoxy) is 1. The molecule has 0 atom stereocenters. The summed E-state index contributed by atoms with van der Waals surface area (Å²) in [6, 6.07) is 9.44. The molecule has 1 heterocycles.